The molecule has 1 heterocycles. The monoisotopic (exact) mass is 289 g/mol. The predicted molar refractivity (Wildman–Crippen MR) is 82.4 cm³/mol. The van der Waals surface area contributed by atoms with E-state index in [1.165, 1.54) is 0 Å². The van der Waals surface area contributed by atoms with Crippen LogP contribution in [0.2, 0.25) is 0 Å². The maximum absolute atomic E-state index is 12.1. The van der Waals surface area contributed by atoms with Crippen molar-refractivity contribution in [1.82, 2.24) is 5.32 Å². The Balaban J connectivity index is 1.94. The van der Waals surface area contributed by atoms with Crippen LogP contribution in [0, 0.1) is 11.8 Å². The smallest absolute Gasteiger partial charge is 0.233 e. The van der Waals surface area contributed by atoms with Crippen LogP contribution in [0.1, 0.15) is 36.9 Å². The number of amides is 1. The van der Waals surface area contributed by atoms with E-state index in [0.29, 0.717) is 0 Å². The molecule has 0 aliphatic carbocycles. The molecule has 20 heavy (non-hydrogen) atoms. The van der Waals surface area contributed by atoms with Crippen LogP contribution in [0.25, 0.3) is 0 Å². The maximum atomic E-state index is 12.1. The zero-order valence-corrected chi connectivity index (χ0v) is 12.4. The number of benzene rings is 1. The van der Waals surface area contributed by atoms with Crippen molar-refractivity contribution in [3.05, 3.63) is 35.4 Å². The fourth-order valence-electron chi connectivity index (χ4n) is 2.17. The third-order valence-electron chi connectivity index (χ3n) is 3.30. The molecule has 3 nitrogen and oxygen atoms in total. The van der Waals surface area contributed by atoms with Crippen LogP contribution in [0.4, 0.5) is 0 Å². The highest BCUT2D eigenvalue weighted by molar-refractivity contribution is 8.00. The molecule has 106 valence electrons. The second-order valence-electron chi connectivity index (χ2n) is 4.81. The Morgan fingerprint density at radius 1 is 1.50 bits per heavy atom. The third kappa shape index (κ3) is 4.03. The quantitative estimate of drug-likeness (QED) is 0.838. The molecular weight excluding hydrogens is 270 g/mol. The van der Waals surface area contributed by atoms with E-state index in [0.717, 1.165) is 29.7 Å². The van der Waals surface area contributed by atoms with Gasteiger partial charge in [0.15, 0.2) is 0 Å². The molecule has 2 rings (SSSR count). The summed E-state index contributed by atoms with van der Waals surface area (Å²) in [7, 11) is 0. The lowest BCUT2D eigenvalue weighted by Crippen LogP contribution is -2.33. The van der Waals surface area contributed by atoms with Crippen LogP contribution in [-0.2, 0) is 4.79 Å². The average molecular weight is 289 g/mol. The number of hydrogen-bond donors (Lipinski definition) is 2. The van der Waals surface area contributed by atoms with Crippen molar-refractivity contribution in [2.45, 2.75) is 31.1 Å². The van der Waals surface area contributed by atoms with Crippen LogP contribution in [0.3, 0.4) is 0 Å². The van der Waals surface area contributed by atoms with Gasteiger partial charge in [0.1, 0.15) is 6.61 Å². The first-order chi connectivity index (χ1) is 9.70. The molecular formula is C16H19NO2S. The van der Waals surface area contributed by atoms with Gasteiger partial charge in [-0.1, -0.05) is 24.0 Å². The van der Waals surface area contributed by atoms with Crippen molar-refractivity contribution in [2.24, 2.45) is 0 Å². The zero-order valence-electron chi connectivity index (χ0n) is 11.6. The molecule has 0 aromatic heterocycles. The van der Waals surface area contributed by atoms with Gasteiger partial charge in [-0.25, -0.2) is 0 Å². The molecule has 1 aliphatic rings. The number of carbonyl (C=O) groups is 1. The van der Waals surface area contributed by atoms with Crippen molar-refractivity contribution in [1.29, 1.82) is 0 Å². The molecule has 2 atom stereocenters. The molecule has 2 N–H and O–H groups in total. The molecule has 1 amide bonds. The first-order valence-electron chi connectivity index (χ1n) is 6.82. The van der Waals surface area contributed by atoms with Crippen molar-refractivity contribution in [2.75, 3.05) is 12.4 Å². The molecule has 0 bridgehead atoms. The Bertz CT molecular complexity index is 510. The van der Waals surface area contributed by atoms with Crippen LogP contribution in [0.5, 0.6) is 0 Å². The topological polar surface area (TPSA) is 49.3 Å². The summed E-state index contributed by atoms with van der Waals surface area (Å²) < 4.78 is 0. The van der Waals surface area contributed by atoms with Crippen LogP contribution >= 0.6 is 11.8 Å². The second-order valence-corrected chi connectivity index (χ2v) is 6.12. The number of thioether (sulfide) groups is 1. The summed E-state index contributed by atoms with van der Waals surface area (Å²) in [4.78, 5) is 12.1. The van der Waals surface area contributed by atoms with E-state index < -0.39 is 0 Å². The van der Waals surface area contributed by atoms with E-state index in [1.54, 1.807) is 11.8 Å². The number of rotatable bonds is 3. The van der Waals surface area contributed by atoms with Crippen molar-refractivity contribution in [3.8, 4) is 11.8 Å². The number of hydrogen-bond acceptors (Lipinski definition) is 3. The fraction of sp³-hybridized carbons (Fsp3) is 0.438. The first kappa shape index (κ1) is 15.0. The minimum absolute atomic E-state index is 0.00329. The van der Waals surface area contributed by atoms with Crippen LogP contribution < -0.4 is 5.32 Å². The summed E-state index contributed by atoms with van der Waals surface area (Å²) in [6.45, 7) is 1.86. The predicted octanol–water partition coefficient (Wildman–Crippen LogP) is 2.10. The molecule has 1 aromatic carbocycles. The number of aliphatic hydroxyl groups is 1. The van der Waals surface area contributed by atoms with Gasteiger partial charge in [-0.2, -0.15) is 0 Å². The minimum Gasteiger partial charge on any atom is -0.384 e. The Hall–Kier alpha value is -1.44. The lowest BCUT2D eigenvalue weighted by atomic mass is 10.1. The van der Waals surface area contributed by atoms with E-state index in [-0.39, 0.29) is 23.8 Å². The Labute approximate surface area is 124 Å². The summed E-state index contributed by atoms with van der Waals surface area (Å²) in [5.41, 5.74) is 1.93. The summed E-state index contributed by atoms with van der Waals surface area (Å²) in [6.07, 6.45) is 2.12. The summed E-state index contributed by atoms with van der Waals surface area (Å²) in [5.74, 6) is 6.70. The molecule has 0 radical (unpaired) electrons. The van der Waals surface area contributed by atoms with Gasteiger partial charge in [0, 0.05) is 5.56 Å². The molecule has 1 aliphatic heterocycles. The Kier molecular flexibility index (Phi) is 5.51. The molecule has 1 saturated heterocycles. The van der Waals surface area contributed by atoms with Gasteiger partial charge in [-0.15, -0.1) is 11.8 Å². The highest BCUT2D eigenvalue weighted by Gasteiger charge is 2.24. The van der Waals surface area contributed by atoms with Crippen molar-refractivity contribution < 1.29 is 9.90 Å². The van der Waals surface area contributed by atoms with Crippen molar-refractivity contribution >= 4 is 17.7 Å². The largest absolute Gasteiger partial charge is 0.384 e. The molecule has 4 heteroatoms. The first-order valence-corrected chi connectivity index (χ1v) is 7.87. The molecule has 0 saturated carbocycles. The van der Waals surface area contributed by atoms with E-state index in [4.69, 9.17) is 5.11 Å². The molecule has 2 unspecified atom stereocenters. The van der Waals surface area contributed by atoms with Crippen LogP contribution in [-0.4, -0.2) is 28.6 Å². The van der Waals surface area contributed by atoms with Gasteiger partial charge in [-0.05, 0) is 43.2 Å². The summed E-state index contributed by atoms with van der Waals surface area (Å²) >= 11 is 1.75. The lowest BCUT2D eigenvalue weighted by molar-refractivity contribution is -0.121. The molecule has 1 fully saturated rings. The minimum atomic E-state index is -0.132. The zero-order chi connectivity index (χ0) is 14.4. The second kappa shape index (κ2) is 7.37. The SMILES string of the molecule is CC(NC(=O)C1CCCS1)c1ccc(C#CCO)cc1. The van der Waals surface area contributed by atoms with Crippen molar-refractivity contribution in [3.63, 3.8) is 0 Å². The third-order valence-corrected chi connectivity index (χ3v) is 4.68. The van der Waals surface area contributed by atoms with Crippen LogP contribution in [0.15, 0.2) is 24.3 Å². The van der Waals surface area contributed by atoms with Gasteiger partial charge < -0.3 is 10.4 Å². The number of aliphatic hydroxyl groups excluding tert-OH is 1. The van der Waals surface area contributed by atoms with Gasteiger partial charge >= 0.3 is 0 Å². The Morgan fingerprint density at radius 2 is 2.25 bits per heavy atom. The van der Waals surface area contributed by atoms with E-state index in [9.17, 15) is 4.79 Å². The van der Waals surface area contributed by atoms with Gasteiger partial charge in [0.2, 0.25) is 5.91 Å². The fourth-order valence-corrected chi connectivity index (χ4v) is 3.34. The van der Waals surface area contributed by atoms with Gasteiger partial charge in [0.25, 0.3) is 0 Å². The maximum Gasteiger partial charge on any atom is 0.233 e. The number of nitrogens with one attached hydrogen (secondary N) is 1. The lowest BCUT2D eigenvalue weighted by Gasteiger charge is -2.17. The van der Waals surface area contributed by atoms with E-state index in [2.05, 4.69) is 17.2 Å². The number of carbonyl (C=O) groups excluding carboxylic acids is 1. The standard InChI is InChI=1S/C16H19NO2S/c1-12(17-16(19)15-5-3-11-20-15)14-8-6-13(7-9-14)4-2-10-18/h6-9,12,15,18H,3,5,10-11H2,1H3,(H,17,19). The molecule has 1 aromatic rings. The van der Waals surface area contributed by atoms with E-state index >= 15 is 0 Å². The van der Waals surface area contributed by atoms with Gasteiger partial charge in [0.05, 0.1) is 11.3 Å². The molecule has 0 spiro atoms. The highest BCUT2D eigenvalue weighted by Crippen LogP contribution is 2.27. The average Bonchev–Trinajstić information content (AvgIpc) is 3.00. The normalized spacial score (nSPS) is 19.0. The summed E-state index contributed by atoms with van der Waals surface area (Å²) in [5, 5.41) is 11.8. The van der Waals surface area contributed by atoms with E-state index in [1.807, 2.05) is 31.2 Å². The van der Waals surface area contributed by atoms with Gasteiger partial charge in [-0.3, -0.25) is 4.79 Å². The summed E-state index contributed by atoms with van der Waals surface area (Å²) in [6, 6.07) is 7.75. The Morgan fingerprint density at radius 3 is 2.85 bits per heavy atom. The highest BCUT2D eigenvalue weighted by atomic mass is 32.2.